The number of hydrogen-bond acceptors (Lipinski definition) is 4. The molecule has 0 bridgehead atoms. The van der Waals surface area contributed by atoms with Crippen molar-refractivity contribution in [2.75, 3.05) is 13.2 Å². The van der Waals surface area contributed by atoms with Gasteiger partial charge in [0.05, 0.1) is 13.2 Å². The first-order valence-electron chi connectivity index (χ1n) is 9.68. The van der Waals surface area contributed by atoms with Gasteiger partial charge in [0.2, 0.25) is 0 Å². The third-order valence-electron chi connectivity index (χ3n) is 4.04. The predicted molar refractivity (Wildman–Crippen MR) is 97.8 cm³/mol. The molecule has 0 heterocycles. The fourth-order valence-electron chi connectivity index (χ4n) is 2.73. The van der Waals surface area contributed by atoms with Crippen molar-refractivity contribution in [1.29, 1.82) is 0 Å². The molecule has 4 heteroatoms. The molecule has 0 radical (unpaired) electrons. The molecule has 0 rings (SSSR count). The van der Waals surface area contributed by atoms with Gasteiger partial charge in [-0.3, -0.25) is 0 Å². The maximum absolute atomic E-state index is 12.2. The van der Waals surface area contributed by atoms with E-state index < -0.39 is 0 Å². The van der Waals surface area contributed by atoms with Gasteiger partial charge in [-0.25, -0.2) is 9.59 Å². The number of unbranched alkanes of at least 4 members (excludes halogenated alkanes) is 7. The summed E-state index contributed by atoms with van der Waals surface area (Å²) in [6.45, 7) is 8.28. The Balaban J connectivity index is 4.56. The number of esters is 2. The summed E-state index contributed by atoms with van der Waals surface area (Å²) in [7, 11) is 0. The van der Waals surface area contributed by atoms with Gasteiger partial charge in [0.1, 0.15) is 0 Å². The molecule has 0 saturated carbocycles. The second-order valence-corrected chi connectivity index (χ2v) is 5.98. The zero-order valence-electron chi connectivity index (χ0n) is 16.1. The fourth-order valence-corrected chi connectivity index (χ4v) is 2.73. The van der Waals surface area contributed by atoms with Crippen molar-refractivity contribution in [3.8, 4) is 0 Å². The van der Waals surface area contributed by atoms with Crippen LogP contribution in [0.25, 0.3) is 0 Å². The molecule has 0 spiro atoms. The van der Waals surface area contributed by atoms with E-state index in [1.165, 1.54) is 38.5 Å². The highest BCUT2D eigenvalue weighted by Crippen LogP contribution is 2.20. The molecule has 0 unspecified atom stereocenters. The maximum atomic E-state index is 12.2. The molecule has 0 fully saturated rings. The van der Waals surface area contributed by atoms with Crippen LogP contribution in [0.2, 0.25) is 0 Å². The van der Waals surface area contributed by atoms with Crippen molar-refractivity contribution in [2.24, 2.45) is 0 Å². The van der Waals surface area contributed by atoms with Crippen molar-refractivity contribution in [3.63, 3.8) is 0 Å². The summed E-state index contributed by atoms with van der Waals surface area (Å²) in [5, 5.41) is 0. The molecule has 0 atom stereocenters. The van der Waals surface area contributed by atoms with Gasteiger partial charge in [-0.2, -0.15) is 0 Å². The van der Waals surface area contributed by atoms with Crippen LogP contribution in [0.5, 0.6) is 0 Å². The number of carbonyl (C=O) groups excluding carboxylic acids is 2. The number of ether oxygens (including phenoxy) is 2. The molecule has 0 N–H and O–H groups in total. The van der Waals surface area contributed by atoms with Crippen molar-refractivity contribution < 1.29 is 19.1 Å². The first kappa shape index (κ1) is 22.7. The Morgan fingerprint density at radius 1 is 0.625 bits per heavy atom. The highest BCUT2D eigenvalue weighted by atomic mass is 16.5. The molecule has 0 aromatic carbocycles. The molecule has 0 amide bonds. The van der Waals surface area contributed by atoms with Gasteiger partial charge in [0.25, 0.3) is 0 Å². The average molecular weight is 341 g/mol. The average Bonchev–Trinajstić information content (AvgIpc) is 2.56. The lowest BCUT2D eigenvalue weighted by Crippen LogP contribution is -2.16. The van der Waals surface area contributed by atoms with Gasteiger partial charge < -0.3 is 9.47 Å². The van der Waals surface area contributed by atoms with Gasteiger partial charge >= 0.3 is 11.9 Å². The normalized spacial score (nSPS) is 11.8. The molecule has 0 aromatic heterocycles. The van der Waals surface area contributed by atoms with Crippen LogP contribution >= 0.6 is 0 Å². The maximum Gasteiger partial charge on any atom is 0.334 e. The SMILES string of the molecule is CCCCCCCCCCC(C(=O)OCC)=C(CC)C(=O)OCC. The smallest absolute Gasteiger partial charge is 0.334 e. The van der Waals surface area contributed by atoms with E-state index >= 15 is 0 Å². The Bertz CT molecular complexity index is 385. The molecule has 0 aliphatic carbocycles. The van der Waals surface area contributed by atoms with Crippen molar-refractivity contribution in [3.05, 3.63) is 11.1 Å². The standard InChI is InChI=1S/C20H36O4/c1-5-9-10-11-12-13-14-15-16-18(20(22)24-8-4)17(6-2)19(21)23-7-3/h5-16H2,1-4H3. The minimum absolute atomic E-state index is 0.316. The number of hydrogen-bond donors (Lipinski definition) is 0. The Morgan fingerprint density at radius 2 is 1.08 bits per heavy atom. The van der Waals surface area contributed by atoms with Crippen molar-refractivity contribution in [2.45, 2.75) is 91.9 Å². The molecule has 0 aliphatic heterocycles. The number of carbonyl (C=O) groups is 2. The third kappa shape index (κ3) is 9.74. The highest BCUT2D eigenvalue weighted by Gasteiger charge is 2.21. The van der Waals surface area contributed by atoms with Gasteiger partial charge in [-0.15, -0.1) is 0 Å². The van der Waals surface area contributed by atoms with Crippen LogP contribution in [-0.2, 0) is 19.1 Å². The van der Waals surface area contributed by atoms with Gasteiger partial charge in [0, 0.05) is 11.1 Å². The van der Waals surface area contributed by atoms with Crippen LogP contribution in [0.4, 0.5) is 0 Å². The van der Waals surface area contributed by atoms with Crippen molar-refractivity contribution in [1.82, 2.24) is 0 Å². The second kappa shape index (κ2) is 15.2. The van der Waals surface area contributed by atoms with E-state index in [1.807, 2.05) is 6.92 Å². The summed E-state index contributed by atoms with van der Waals surface area (Å²) in [6.07, 6.45) is 10.7. The summed E-state index contributed by atoms with van der Waals surface area (Å²) in [4.78, 5) is 24.3. The van der Waals surface area contributed by atoms with Crippen LogP contribution in [0, 0.1) is 0 Å². The molecule has 0 aromatic rings. The van der Waals surface area contributed by atoms with Gasteiger partial charge in [0.15, 0.2) is 0 Å². The fraction of sp³-hybridized carbons (Fsp3) is 0.800. The monoisotopic (exact) mass is 340 g/mol. The number of rotatable bonds is 14. The second-order valence-electron chi connectivity index (χ2n) is 5.98. The topological polar surface area (TPSA) is 52.6 Å². The summed E-state index contributed by atoms with van der Waals surface area (Å²) in [5.74, 6) is -0.757. The Kier molecular flexibility index (Phi) is 14.4. The van der Waals surface area contributed by atoms with E-state index in [4.69, 9.17) is 9.47 Å². The lowest BCUT2D eigenvalue weighted by molar-refractivity contribution is -0.142. The summed E-state index contributed by atoms with van der Waals surface area (Å²) in [5.41, 5.74) is 0.974. The van der Waals surface area contributed by atoms with Crippen LogP contribution in [0.1, 0.15) is 91.9 Å². The Labute approximate surface area is 148 Å². The quantitative estimate of drug-likeness (QED) is 0.243. The molecule has 24 heavy (non-hydrogen) atoms. The van der Waals surface area contributed by atoms with Crippen LogP contribution in [0.3, 0.4) is 0 Å². The zero-order chi connectivity index (χ0) is 18.2. The zero-order valence-corrected chi connectivity index (χ0v) is 16.1. The van der Waals surface area contributed by atoms with E-state index in [0.717, 1.165) is 12.8 Å². The van der Waals surface area contributed by atoms with Gasteiger partial charge in [-0.1, -0.05) is 58.8 Å². The summed E-state index contributed by atoms with van der Waals surface area (Å²) >= 11 is 0. The van der Waals surface area contributed by atoms with Crippen molar-refractivity contribution >= 4 is 11.9 Å². The summed E-state index contributed by atoms with van der Waals surface area (Å²) in [6, 6.07) is 0. The van der Waals surface area contributed by atoms with Gasteiger partial charge in [-0.05, 0) is 33.1 Å². The first-order valence-corrected chi connectivity index (χ1v) is 9.68. The molecular formula is C20H36O4. The van der Waals surface area contributed by atoms with E-state index in [9.17, 15) is 9.59 Å². The molecule has 0 aliphatic rings. The largest absolute Gasteiger partial charge is 0.463 e. The first-order chi connectivity index (χ1) is 11.6. The minimum Gasteiger partial charge on any atom is -0.463 e. The van der Waals surface area contributed by atoms with E-state index in [0.29, 0.717) is 37.2 Å². The lowest BCUT2D eigenvalue weighted by atomic mass is 9.98. The predicted octanol–water partition coefficient (Wildman–Crippen LogP) is 5.35. The van der Waals surface area contributed by atoms with E-state index in [-0.39, 0.29) is 11.9 Å². The lowest BCUT2D eigenvalue weighted by Gasteiger charge is -2.13. The molecule has 0 saturated heterocycles. The third-order valence-corrected chi connectivity index (χ3v) is 4.04. The molecular weight excluding hydrogens is 304 g/mol. The van der Waals surface area contributed by atoms with Crippen LogP contribution in [0.15, 0.2) is 11.1 Å². The Morgan fingerprint density at radius 3 is 1.54 bits per heavy atom. The molecule has 140 valence electrons. The Hall–Kier alpha value is -1.32. The summed E-state index contributed by atoms with van der Waals surface area (Å²) < 4.78 is 10.2. The van der Waals surface area contributed by atoms with Crippen LogP contribution in [-0.4, -0.2) is 25.2 Å². The molecule has 4 nitrogen and oxygen atoms in total. The van der Waals surface area contributed by atoms with Crippen LogP contribution < -0.4 is 0 Å². The minimum atomic E-state index is -0.386. The highest BCUT2D eigenvalue weighted by molar-refractivity contribution is 6.00. The van der Waals surface area contributed by atoms with E-state index in [2.05, 4.69) is 6.92 Å². The van der Waals surface area contributed by atoms with E-state index in [1.54, 1.807) is 13.8 Å².